The van der Waals surface area contributed by atoms with Gasteiger partial charge >= 0.3 is 0 Å². The number of nitrogens with zero attached hydrogens (tertiary/aromatic N) is 1. The number of ether oxygens (including phenoxy) is 1. The van der Waals surface area contributed by atoms with Gasteiger partial charge in [0, 0.05) is 46.0 Å². The number of benzene rings is 1. The van der Waals surface area contributed by atoms with Crippen LogP contribution in [0.5, 0.6) is 0 Å². The number of hydrogen-bond donors (Lipinski definition) is 3. The van der Waals surface area contributed by atoms with Crippen molar-refractivity contribution >= 4 is 41.5 Å². The van der Waals surface area contributed by atoms with E-state index >= 15 is 0 Å². The number of aliphatic imine (C=N–C) groups is 1. The molecule has 3 N–H and O–H groups in total. The van der Waals surface area contributed by atoms with Crippen LogP contribution >= 0.6 is 24.0 Å². The molecule has 2 rings (SSSR count). The van der Waals surface area contributed by atoms with E-state index in [4.69, 9.17) is 4.74 Å². The largest absolute Gasteiger partial charge is 0.385 e. The van der Waals surface area contributed by atoms with E-state index in [0.717, 1.165) is 43.2 Å². The van der Waals surface area contributed by atoms with E-state index in [9.17, 15) is 4.79 Å². The van der Waals surface area contributed by atoms with E-state index in [2.05, 4.69) is 20.9 Å². The smallest absolute Gasteiger partial charge is 0.224 e. The third-order valence-electron chi connectivity index (χ3n) is 5.28. The van der Waals surface area contributed by atoms with Crippen molar-refractivity contribution in [1.82, 2.24) is 10.6 Å². The third-order valence-corrected chi connectivity index (χ3v) is 5.28. The van der Waals surface area contributed by atoms with Crippen LogP contribution in [0.2, 0.25) is 0 Å². The van der Waals surface area contributed by atoms with E-state index < -0.39 is 0 Å². The number of carbonyl (C=O) groups excluding carboxylic acids is 1. The molecule has 0 radical (unpaired) electrons. The van der Waals surface area contributed by atoms with Gasteiger partial charge in [-0.1, -0.05) is 25.5 Å². The summed E-state index contributed by atoms with van der Waals surface area (Å²) in [4.78, 5) is 16.0. The van der Waals surface area contributed by atoms with Crippen LogP contribution in [-0.2, 0) is 16.1 Å². The fraction of sp³-hybridized carbons (Fsp3) is 0.619. The van der Waals surface area contributed by atoms with Gasteiger partial charge in [0.25, 0.3) is 0 Å². The molecule has 158 valence electrons. The molecule has 0 aromatic heterocycles. The maximum absolute atomic E-state index is 11.6. The number of methoxy groups -OCH3 is 1. The van der Waals surface area contributed by atoms with E-state index in [1.807, 2.05) is 31.2 Å². The predicted octanol–water partition coefficient (Wildman–Crippen LogP) is 3.92. The zero-order chi connectivity index (χ0) is 19.5. The summed E-state index contributed by atoms with van der Waals surface area (Å²) in [7, 11) is 3.56. The normalized spacial score (nSPS) is 15.2. The monoisotopic (exact) mass is 502 g/mol. The highest BCUT2D eigenvalue weighted by atomic mass is 127. The summed E-state index contributed by atoms with van der Waals surface area (Å²) in [6.45, 7) is 4.43. The topological polar surface area (TPSA) is 74.8 Å². The number of amides is 1. The molecule has 1 aromatic rings. The second-order valence-corrected chi connectivity index (χ2v) is 7.37. The van der Waals surface area contributed by atoms with Gasteiger partial charge in [-0.2, -0.15) is 0 Å². The summed E-state index contributed by atoms with van der Waals surface area (Å²) in [5.74, 6) is 0.880. The summed E-state index contributed by atoms with van der Waals surface area (Å²) in [6, 6.07) is 7.92. The molecule has 0 saturated heterocycles. The Balaban J connectivity index is 0.00000392. The van der Waals surface area contributed by atoms with E-state index in [0.29, 0.717) is 18.4 Å². The Morgan fingerprint density at radius 3 is 2.46 bits per heavy atom. The second-order valence-electron chi connectivity index (χ2n) is 7.37. The Bertz CT molecular complexity index is 615. The minimum absolute atomic E-state index is 0. The number of hydrogen-bond acceptors (Lipinski definition) is 3. The number of anilines is 1. The predicted molar refractivity (Wildman–Crippen MR) is 126 cm³/mol. The summed E-state index contributed by atoms with van der Waals surface area (Å²) >= 11 is 0. The minimum Gasteiger partial charge on any atom is -0.385 e. The number of carbonyl (C=O) groups is 1. The molecule has 28 heavy (non-hydrogen) atoms. The molecule has 1 aliphatic carbocycles. The fourth-order valence-electron chi connectivity index (χ4n) is 3.34. The minimum atomic E-state index is 0. The highest BCUT2D eigenvalue weighted by Crippen LogP contribution is 2.43. The molecule has 6 nitrogen and oxygen atoms in total. The van der Waals surface area contributed by atoms with Gasteiger partial charge in [-0.15, -0.1) is 24.0 Å². The van der Waals surface area contributed by atoms with Gasteiger partial charge in [0.1, 0.15) is 0 Å². The van der Waals surface area contributed by atoms with Crippen molar-refractivity contribution in [2.24, 2.45) is 10.4 Å². The quantitative estimate of drug-likeness (QED) is 0.258. The van der Waals surface area contributed by atoms with Crippen LogP contribution in [0.4, 0.5) is 5.69 Å². The van der Waals surface area contributed by atoms with Crippen molar-refractivity contribution < 1.29 is 9.53 Å². The molecular weight excluding hydrogens is 467 g/mol. The molecule has 0 spiro atoms. The van der Waals surface area contributed by atoms with Crippen molar-refractivity contribution in [1.29, 1.82) is 0 Å². The van der Waals surface area contributed by atoms with Crippen LogP contribution in [0.15, 0.2) is 29.3 Å². The second kappa shape index (κ2) is 13.0. The third kappa shape index (κ3) is 7.95. The van der Waals surface area contributed by atoms with Gasteiger partial charge in [-0.3, -0.25) is 9.79 Å². The molecule has 0 heterocycles. The van der Waals surface area contributed by atoms with Crippen molar-refractivity contribution in [2.75, 3.05) is 32.6 Å². The van der Waals surface area contributed by atoms with E-state index in [-0.39, 0.29) is 29.9 Å². The summed E-state index contributed by atoms with van der Waals surface area (Å²) in [5, 5.41) is 9.74. The SMILES string of the molecule is CCCC(=O)Nc1ccc(CNC(=NC)NCC2(CCOC)CCC2)cc1.I. The molecule has 7 heteroatoms. The summed E-state index contributed by atoms with van der Waals surface area (Å²) in [5.41, 5.74) is 2.33. The van der Waals surface area contributed by atoms with Crippen LogP contribution in [-0.4, -0.2) is 39.2 Å². The molecule has 1 fully saturated rings. The lowest BCUT2D eigenvalue weighted by Gasteiger charge is -2.42. The average Bonchev–Trinajstić information content (AvgIpc) is 2.64. The van der Waals surface area contributed by atoms with Crippen LogP contribution in [0.25, 0.3) is 0 Å². The average molecular weight is 502 g/mol. The van der Waals surface area contributed by atoms with Crippen LogP contribution in [0.1, 0.15) is 51.0 Å². The molecule has 0 bridgehead atoms. The lowest BCUT2D eigenvalue weighted by atomic mass is 9.67. The van der Waals surface area contributed by atoms with Crippen molar-refractivity contribution in [3.05, 3.63) is 29.8 Å². The molecule has 1 amide bonds. The van der Waals surface area contributed by atoms with E-state index in [1.54, 1.807) is 14.2 Å². The van der Waals surface area contributed by atoms with Crippen molar-refractivity contribution in [3.8, 4) is 0 Å². The Morgan fingerprint density at radius 1 is 1.21 bits per heavy atom. The molecule has 1 saturated carbocycles. The Labute approximate surface area is 186 Å². The highest BCUT2D eigenvalue weighted by molar-refractivity contribution is 14.0. The number of rotatable bonds is 10. The Kier molecular flexibility index (Phi) is 11.4. The molecule has 1 aliphatic rings. The van der Waals surface area contributed by atoms with Crippen LogP contribution < -0.4 is 16.0 Å². The van der Waals surface area contributed by atoms with Crippen molar-refractivity contribution in [3.63, 3.8) is 0 Å². The van der Waals surface area contributed by atoms with Gasteiger partial charge in [0.05, 0.1) is 0 Å². The van der Waals surface area contributed by atoms with Gasteiger partial charge in [-0.05, 0) is 48.8 Å². The van der Waals surface area contributed by atoms with E-state index in [1.165, 1.54) is 19.3 Å². The first-order valence-corrected chi connectivity index (χ1v) is 9.93. The number of nitrogens with one attached hydrogen (secondary N) is 3. The van der Waals surface area contributed by atoms with Gasteiger partial charge < -0.3 is 20.7 Å². The number of halogens is 1. The van der Waals surface area contributed by atoms with Crippen LogP contribution in [0.3, 0.4) is 0 Å². The van der Waals surface area contributed by atoms with Gasteiger partial charge in [0.2, 0.25) is 5.91 Å². The first kappa shape index (κ1) is 24.7. The van der Waals surface area contributed by atoms with Crippen molar-refractivity contribution in [2.45, 2.75) is 52.0 Å². The fourth-order valence-corrected chi connectivity index (χ4v) is 3.34. The summed E-state index contributed by atoms with van der Waals surface area (Å²) in [6.07, 6.45) is 6.32. The maximum Gasteiger partial charge on any atom is 0.224 e. The molecule has 0 unspecified atom stereocenters. The molecule has 0 aliphatic heterocycles. The maximum atomic E-state index is 11.6. The lowest BCUT2D eigenvalue weighted by Crippen LogP contribution is -2.46. The Hall–Kier alpha value is -1.35. The molecular formula is C21H35IN4O2. The highest BCUT2D eigenvalue weighted by Gasteiger charge is 2.36. The standard InChI is InChI=1S/C21H34N4O2.HI/c1-4-6-19(26)25-18-9-7-17(8-10-18)15-23-20(22-2)24-16-21(11-5-12-21)13-14-27-3;/h7-10H,4-6,11-16H2,1-3H3,(H,25,26)(H2,22,23,24);1H. The Morgan fingerprint density at radius 2 is 1.93 bits per heavy atom. The van der Waals surface area contributed by atoms with Gasteiger partial charge in [0.15, 0.2) is 5.96 Å². The zero-order valence-corrected chi connectivity index (χ0v) is 19.7. The first-order valence-electron chi connectivity index (χ1n) is 9.93. The van der Waals surface area contributed by atoms with Gasteiger partial charge in [-0.25, -0.2) is 0 Å². The zero-order valence-electron chi connectivity index (χ0n) is 17.3. The summed E-state index contributed by atoms with van der Waals surface area (Å²) < 4.78 is 5.26. The first-order chi connectivity index (χ1) is 13.1. The van der Waals surface area contributed by atoms with Crippen LogP contribution in [0, 0.1) is 5.41 Å². The number of guanidine groups is 1. The molecule has 0 atom stereocenters. The molecule has 1 aromatic carbocycles. The lowest BCUT2D eigenvalue weighted by molar-refractivity contribution is -0.116.